The number of anilines is 2. The minimum absolute atomic E-state index is 0.00111. The van der Waals surface area contributed by atoms with Crippen molar-refractivity contribution in [2.75, 3.05) is 24.3 Å². The van der Waals surface area contributed by atoms with Crippen molar-refractivity contribution in [2.45, 2.75) is 17.7 Å². The summed E-state index contributed by atoms with van der Waals surface area (Å²) in [6.07, 6.45) is -0.253. The van der Waals surface area contributed by atoms with E-state index in [-0.39, 0.29) is 22.8 Å². The largest absolute Gasteiger partial charge is 0.494 e. The third kappa shape index (κ3) is 5.89. The van der Waals surface area contributed by atoms with Crippen molar-refractivity contribution in [3.63, 3.8) is 0 Å². The Morgan fingerprint density at radius 1 is 1.14 bits per heavy atom. The number of para-hydroxylation sites is 1. The molecule has 0 bridgehead atoms. The van der Waals surface area contributed by atoms with Gasteiger partial charge in [0.2, 0.25) is 17.7 Å². The molecule has 1 aromatic heterocycles. The van der Waals surface area contributed by atoms with Crippen LogP contribution in [0.4, 0.5) is 15.8 Å². The van der Waals surface area contributed by atoms with Gasteiger partial charge in [0.1, 0.15) is 22.7 Å². The number of rotatable bonds is 7. The molecule has 4 rings (SSSR count). The number of aromatic nitrogens is 2. The topological polar surface area (TPSA) is 160 Å². The Hall–Kier alpha value is -4.39. The van der Waals surface area contributed by atoms with Gasteiger partial charge >= 0.3 is 5.69 Å². The quantitative estimate of drug-likeness (QED) is 0.313. The van der Waals surface area contributed by atoms with E-state index in [1.807, 2.05) is 19.0 Å². The van der Waals surface area contributed by atoms with Gasteiger partial charge in [0, 0.05) is 26.2 Å². The Kier molecular flexibility index (Phi) is 7.43. The van der Waals surface area contributed by atoms with Crippen molar-refractivity contribution in [1.29, 1.82) is 0 Å². The second-order valence-electron chi connectivity index (χ2n) is 8.32. The maximum absolute atomic E-state index is 13.8. The number of hydrogen-bond acceptors (Lipinski definition) is 8. The normalized spacial score (nSPS) is 16.9. The molecule has 2 unspecified atom stereocenters. The van der Waals surface area contributed by atoms with E-state index in [1.54, 1.807) is 30.3 Å². The SMILES string of the molecule is CN(C)c1ccc(C(N=C2NC(=O)C(CC(=O)Nc3ccccc3F)S2)c2c(O)[nH]c(=O)[nH]c2=O)cc1. The molecule has 0 aliphatic carbocycles. The first kappa shape index (κ1) is 25.7. The molecule has 5 N–H and O–H groups in total. The molecule has 2 atom stereocenters. The molecule has 0 radical (unpaired) electrons. The van der Waals surface area contributed by atoms with Crippen molar-refractivity contribution < 1.29 is 19.1 Å². The lowest BCUT2D eigenvalue weighted by Crippen LogP contribution is -2.29. The highest BCUT2D eigenvalue weighted by molar-refractivity contribution is 8.15. The Morgan fingerprint density at radius 3 is 2.49 bits per heavy atom. The highest BCUT2D eigenvalue weighted by Crippen LogP contribution is 2.32. The number of H-pyrrole nitrogens is 2. The Morgan fingerprint density at radius 2 is 1.84 bits per heavy atom. The van der Waals surface area contributed by atoms with E-state index in [0.29, 0.717) is 5.56 Å². The number of benzene rings is 2. The second kappa shape index (κ2) is 10.7. The maximum Gasteiger partial charge on any atom is 0.328 e. The zero-order chi connectivity index (χ0) is 26.7. The Labute approximate surface area is 213 Å². The number of amidine groups is 1. The van der Waals surface area contributed by atoms with Gasteiger partial charge in [-0.25, -0.2) is 14.2 Å². The van der Waals surface area contributed by atoms with E-state index in [4.69, 9.17) is 0 Å². The van der Waals surface area contributed by atoms with E-state index in [2.05, 4.69) is 25.6 Å². The van der Waals surface area contributed by atoms with Gasteiger partial charge in [-0.05, 0) is 29.8 Å². The molecule has 1 aliphatic rings. The lowest BCUT2D eigenvalue weighted by molar-refractivity contribution is -0.122. The molecule has 1 saturated heterocycles. The van der Waals surface area contributed by atoms with Gasteiger partial charge in [0.25, 0.3) is 5.56 Å². The number of carbonyl (C=O) groups excluding carboxylic acids is 2. The van der Waals surface area contributed by atoms with Crippen LogP contribution in [0.3, 0.4) is 0 Å². The van der Waals surface area contributed by atoms with Crippen LogP contribution in [0.5, 0.6) is 5.88 Å². The predicted octanol–water partition coefficient (Wildman–Crippen LogP) is 1.68. The monoisotopic (exact) mass is 526 g/mol. The minimum atomic E-state index is -1.09. The van der Waals surface area contributed by atoms with Gasteiger partial charge in [0.15, 0.2) is 5.17 Å². The molecule has 0 saturated carbocycles. The summed E-state index contributed by atoms with van der Waals surface area (Å²) in [5.74, 6) is -2.32. The average molecular weight is 527 g/mol. The molecule has 2 aromatic carbocycles. The number of hydrogen-bond donors (Lipinski definition) is 5. The molecule has 0 spiro atoms. The van der Waals surface area contributed by atoms with Crippen molar-refractivity contribution in [2.24, 2.45) is 4.99 Å². The van der Waals surface area contributed by atoms with Crippen molar-refractivity contribution in [1.82, 2.24) is 15.3 Å². The maximum atomic E-state index is 13.8. The van der Waals surface area contributed by atoms with Crippen LogP contribution in [0.1, 0.15) is 23.6 Å². The molecule has 13 heteroatoms. The first-order valence-electron chi connectivity index (χ1n) is 11.0. The Bertz CT molecular complexity index is 1480. The number of aromatic hydroxyl groups is 1. The zero-order valence-electron chi connectivity index (χ0n) is 19.7. The number of halogens is 1. The fourth-order valence-corrected chi connectivity index (χ4v) is 4.64. The van der Waals surface area contributed by atoms with E-state index in [1.165, 1.54) is 18.2 Å². The predicted molar refractivity (Wildman–Crippen MR) is 139 cm³/mol. The van der Waals surface area contributed by atoms with Crippen LogP contribution in [0.15, 0.2) is 63.1 Å². The molecule has 2 heterocycles. The van der Waals surface area contributed by atoms with Gasteiger partial charge < -0.3 is 20.6 Å². The molecular weight excluding hydrogens is 503 g/mol. The molecule has 2 amide bonds. The number of aliphatic imine (C=N–C) groups is 1. The van der Waals surface area contributed by atoms with Crippen molar-refractivity contribution >= 4 is 40.1 Å². The highest BCUT2D eigenvalue weighted by atomic mass is 32.2. The summed E-state index contributed by atoms with van der Waals surface area (Å²) in [5, 5.41) is 14.6. The molecule has 1 fully saturated rings. The summed E-state index contributed by atoms with van der Waals surface area (Å²) in [5.41, 5.74) is -0.577. The fraction of sp³-hybridized carbons (Fsp3) is 0.208. The van der Waals surface area contributed by atoms with Crippen molar-refractivity contribution in [3.05, 3.63) is 86.3 Å². The zero-order valence-corrected chi connectivity index (χ0v) is 20.6. The molecule has 192 valence electrons. The number of carbonyl (C=O) groups is 2. The summed E-state index contributed by atoms with van der Waals surface area (Å²) < 4.78 is 13.8. The molecule has 37 heavy (non-hydrogen) atoms. The van der Waals surface area contributed by atoms with Gasteiger partial charge in [-0.2, -0.15) is 0 Å². The number of amides is 2. The summed E-state index contributed by atoms with van der Waals surface area (Å²) >= 11 is 0.963. The standard InChI is InChI=1S/C24H23FN6O5S/c1-31(2)13-9-7-12(8-10-13)19(18-21(34)28-23(36)29-22(18)35)27-24-30-20(33)16(37-24)11-17(32)26-15-6-4-3-5-14(15)25/h3-10,16,19H,11H2,1-2H3,(H,26,32)(H,27,30,33)(H3,28,29,34,35,36). The summed E-state index contributed by atoms with van der Waals surface area (Å²) in [6, 6.07) is 11.6. The van der Waals surface area contributed by atoms with Crippen LogP contribution in [-0.2, 0) is 9.59 Å². The van der Waals surface area contributed by atoms with E-state index in [9.17, 15) is 28.7 Å². The second-order valence-corrected chi connectivity index (χ2v) is 9.51. The fourth-order valence-electron chi connectivity index (χ4n) is 3.65. The van der Waals surface area contributed by atoms with Crippen LogP contribution in [0.2, 0.25) is 0 Å². The summed E-state index contributed by atoms with van der Waals surface area (Å²) in [4.78, 5) is 59.8. The number of aromatic amines is 2. The molecule has 1 aliphatic heterocycles. The van der Waals surface area contributed by atoms with E-state index >= 15 is 0 Å². The third-order valence-electron chi connectivity index (χ3n) is 5.50. The van der Waals surface area contributed by atoms with E-state index in [0.717, 1.165) is 17.4 Å². The average Bonchev–Trinajstić information content (AvgIpc) is 3.17. The van der Waals surface area contributed by atoms with Gasteiger partial charge in [-0.3, -0.25) is 24.4 Å². The number of thioether (sulfide) groups is 1. The first-order chi connectivity index (χ1) is 17.6. The van der Waals surface area contributed by atoms with Gasteiger partial charge in [-0.1, -0.05) is 36.0 Å². The summed E-state index contributed by atoms with van der Waals surface area (Å²) in [7, 11) is 3.72. The first-order valence-corrected chi connectivity index (χ1v) is 11.9. The number of nitrogens with zero attached hydrogens (tertiary/aromatic N) is 2. The van der Waals surface area contributed by atoms with Crippen LogP contribution in [0.25, 0.3) is 0 Å². The third-order valence-corrected chi connectivity index (χ3v) is 6.59. The van der Waals surface area contributed by atoms with Crippen LogP contribution >= 0.6 is 11.8 Å². The Balaban J connectivity index is 1.61. The van der Waals surface area contributed by atoms with Gasteiger partial charge in [0.05, 0.1) is 5.69 Å². The lowest BCUT2D eigenvalue weighted by Gasteiger charge is -2.17. The minimum Gasteiger partial charge on any atom is -0.494 e. The molecular formula is C24H23FN6O5S. The van der Waals surface area contributed by atoms with E-state index < -0.39 is 46.1 Å². The summed E-state index contributed by atoms with van der Waals surface area (Å²) in [6.45, 7) is 0. The van der Waals surface area contributed by atoms with Crippen LogP contribution < -0.4 is 26.8 Å². The number of nitrogens with one attached hydrogen (secondary N) is 4. The van der Waals surface area contributed by atoms with Crippen LogP contribution in [-0.4, -0.2) is 51.4 Å². The highest BCUT2D eigenvalue weighted by Gasteiger charge is 2.34. The van der Waals surface area contributed by atoms with Crippen molar-refractivity contribution in [3.8, 4) is 5.88 Å². The lowest BCUT2D eigenvalue weighted by atomic mass is 10.0. The van der Waals surface area contributed by atoms with Crippen LogP contribution in [0, 0.1) is 5.82 Å². The smallest absolute Gasteiger partial charge is 0.328 e. The van der Waals surface area contributed by atoms with Gasteiger partial charge in [-0.15, -0.1) is 0 Å². The molecule has 3 aromatic rings. The molecule has 11 nitrogen and oxygen atoms in total.